The molecule has 0 saturated heterocycles. The third-order valence-corrected chi connectivity index (χ3v) is 4.78. The van der Waals surface area contributed by atoms with E-state index in [1.165, 1.54) is 12.1 Å². The zero-order chi connectivity index (χ0) is 17.6. The second kappa shape index (κ2) is 5.97. The second-order valence-electron chi connectivity index (χ2n) is 6.52. The van der Waals surface area contributed by atoms with Crippen molar-refractivity contribution in [1.82, 2.24) is 4.90 Å². The van der Waals surface area contributed by atoms with Crippen LogP contribution in [0, 0.1) is 0 Å². The van der Waals surface area contributed by atoms with Crippen molar-refractivity contribution in [2.45, 2.75) is 19.4 Å². The van der Waals surface area contributed by atoms with E-state index >= 15 is 0 Å². The second-order valence-corrected chi connectivity index (χ2v) is 6.52. The number of ketones is 1. The number of hydrogen-bond donors (Lipinski definition) is 2. The van der Waals surface area contributed by atoms with Gasteiger partial charge in [0.1, 0.15) is 0 Å². The van der Waals surface area contributed by atoms with Gasteiger partial charge < -0.3 is 24.6 Å². The van der Waals surface area contributed by atoms with Crippen molar-refractivity contribution in [1.29, 1.82) is 0 Å². The molecule has 0 saturated carbocycles. The summed E-state index contributed by atoms with van der Waals surface area (Å²) in [6, 6.07) is 6.57. The Kier molecular flexibility index (Phi) is 3.77. The molecule has 2 heterocycles. The molecular formula is C19H19NO5. The summed E-state index contributed by atoms with van der Waals surface area (Å²) in [5.74, 6) is 0.861. The van der Waals surface area contributed by atoms with Crippen LogP contribution < -0.4 is 9.47 Å². The Bertz CT molecular complexity index is 861. The molecule has 6 heteroatoms. The molecule has 25 heavy (non-hydrogen) atoms. The Morgan fingerprint density at radius 3 is 2.72 bits per heavy atom. The zero-order valence-electron chi connectivity index (χ0n) is 13.9. The monoisotopic (exact) mass is 341 g/mol. The molecule has 2 aliphatic heterocycles. The van der Waals surface area contributed by atoms with Crippen LogP contribution in [0.2, 0.25) is 0 Å². The lowest BCUT2D eigenvalue weighted by molar-refractivity contribution is 0.0990. The lowest BCUT2D eigenvalue weighted by Gasteiger charge is -2.23. The summed E-state index contributed by atoms with van der Waals surface area (Å²) in [5, 5.41) is 19.6. The highest BCUT2D eigenvalue weighted by molar-refractivity contribution is 5.99. The molecule has 0 fully saturated rings. The number of phenols is 2. The minimum Gasteiger partial charge on any atom is -0.504 e. The van der Waals surface area contributed by atoms with Gasteiger partial charge in [-0.1, -0.05) is 6.07 Å². The van der Waals surface area contributed by atoms with E-state index in [4.69, 9.17) is 9.47 Å². The Labute approximate surface area is 145 Å². The number of rotatable bonds is 0. The molecule has 2 N–H and O–H groups in total. The van der Waals surface area contributed by atoms with Gasteiger partial charge in [-0.2, -0.15) is 0 Å². The van der Waals surface area contributed by atoms with E-state index in [0.717, 1.165) is 16.7 Å². The highest BCUT2D eigenvalue weighted by atomic mass is 16.7. The first kappa shape index (κ1) is 15.8. The molecule has 0 unspecified atom stereocenters. The first-order chi connectivity index (χ1) is 12.0. The van der Waals surface area contributed by atoms with Crippen LogP contribution in [0.25, 0.3) is 0 Å². The van der Waals surface area contributed by atoms with Crippen molar-refractivity contribution in [3.63, 3.8) is 0 Å². The summed E-state index contributed by atoms with van der Waals surface area (Å²) in [6.07, 6.45) is 0.810. The maximum absolute atomic E-state index is 12.9. The molecule has 4 rings (SSSR count). The predicted molar refractivity (Wildman–Crippen MR) is 90.4 cm³/mol. The van der Waals surface area contributed by atoms with Crippen molar-refractivity contribution < 1.29 is 24.5 Å². The van der Waals surface area contributed by atoms with Crippen LogP contribution >= 0.6 is 0 Å². The molecule has 0 aliphatic carbocycles. The smallest absolute Gasteiger partial charge is 0.231 e. The average Bonchev–Trinajstić information content (AvgIpc) is 3.06. The largest absolute Gasteiger partial charge is 0.504 e. The summed E-state index contributed by atoms with van der Waals surface area (Å²) in [7, 11) is 2.00. The summed E-state index contributed by atoms with van der Waals surface area (Å²) in [5.41, 5.74) is 3.06. The first-order valence-corrected chi connectivity index (χ1v) is 8.20. The van der Waals surface area contributed by atoms with E-state index in [0.29, 0.717) is 36.6 Å². The number of fused-ring (bicyclic) bond motifs is 4. The molecule has 6 nitrogen and oxygen atoms in total. The molecule has 2 aliphatic rings. The highest BCUT2D eigenvalue weighted by Gasteiger charge is 2.25. The zero-order valence-corrected chi connectivity index (χ0v) is 13.9. The van der Waals surface area contributed by atoms with Crippen molar-refractivity contribution >= 4 is 5.78 Å². The molecular weight excluding hydrogens is 322 g/mol. The van der Waals surface area contributed by atoms with Crippen LogP contribution in [0.1, 0.15) is 27.0 Å². The normalized spacial score (nSPS) is 17.1. The maximum Gasteiger partial charge on any atom is 0.231 e. The van der Waals surface area contributed by atoms with Crippen molar-refractivity contribution in [2.75, 3.05) is 20.4 Å². The minimum atomic E-state index is -0.275. The molecule has 2 aromatic rings. The van der Waals surface area contributed by atoms with Crippen LogP contribution in [0.5, 0.6) is 23.0 Å². The predicted octanol–water partition coefficient (Wildman–Crippen LogP) is 2.24. The summed E-state index contributed by atoms with van der Waals surface area (Å²) < 4.78 is 11.1. The van der Waals surface area contributed by atoms with Gasteiger partial charge in [0.05, 0.1) is 0 Å². The van der Waals surface area contributed by atoms with E-state index in [2.05, 4.69) is 4.90 Å². The molecule has 130 valence electrons. The summed E-state index contributed by atoms with van der Waals surface area (Å²) in [6.45, 7) is 1.54. The van der Waals surface area contributed by atoms with Crippen LogP contribution in [0.3, 0.4) is 0 Å². The number of likely N-dealkylation sites (N-methyl/N-ethyl adjacent to an activating group) is 1. The number of Topliss-reactive ketones (excluding diaryl/α,β-unsaturated/α-hetero) is 1. The minimum absolute atomic E-state index is 0.0880. The Morgan fingerprint density at radius 1 is 1.08 bits per heavy atom. The Balaban J connectivity index is 1.81. The van der Waals surface area contributed by atoms with Crippen LogP contribution in [-0.2, 0) is 19.4 Å². The van der Waals surface area contributed by atoms with E-state index in [1.54, 1.807) is 0 Å². The SMILES string of the molecule is CN1CCc2cc(O)c(O)cc2C(=O)Cc2ccc3c(c2C1)OCO3. The summed E-state index contributed by atoms with van der Waals surface area (Å²) >= 11 is 0. The van der Waals surface area contributed by atoms with Crippen LogP contribution in [0.15, 0.2) is 24.3 Å². The third-order valence-electron chi connectivity index (χ3n) is 4.78. The average molecular weight is 341 g/mol. The van der Waals surface area contributed by atoms with E-state index in [-0.39, 0.29) is 30.5 Å². The van der Waals surface area contributed by atoms with Gasteiger partial charge in [-0.15, -0.1) is 0 Å². The van der Waals surface area contributed by atoms with E-state index in [9.17, 15) is 15.0 Å². The van der Waals surface area contributed by atoms with Gasteiger partial charge in [0.15, 0.2) is 28.8 Å². The lowest BCUT2D eigenvalue weighted by Crippen LogP contribution is -2.24. The fourth-order valence-corrected chi connectivity index (χ4v) is 3.42. The molecule has 0 bridgehead atoms. The van der Waals surface area contributed by atoms with Gasteiger partial charge in [-0.25, -0.2) is 0 Å². The lowest BCUT2D eigenvalue weighted by atomic mass is 9.92. The molecule has 0 spiro atoms. The van der Waals surface area contributed by atoms with Gasteiger partial charge in [0.25, 0.3) is 0 Å². The number of nitrogens with zero attached hydrogens (tertiary/aromatic N) is 1. The van der Waals surface area contributed by atoms with Crippen LogP contribution in [0.4, 0.5) is 0 Å². The van der Waals surface area contributed by atoms with Gasteiger partial charge in [0.2, 0.25) is 6.79 Å². The Hall–Kier alpha value is -2.73. The Morgan fingerprint density at radius 2 is 1.88 bits per heavy atom. The van der Waals surface area contributed by atoms with E-state index < -0.39 is 0 Å². The quantitative estimate of drug-likeness (QED) is 0.716. The third kappa shape index (κ3) is 2.78. The topological polar surface area (TPSA) is 79.2 Å². The number of ether oxygens (including phenoxy) is 2. The van der Waals surface area contributed by atoms with Gasteiger partial charge in [-0.05, 0) is 42.8 Å². The fraction of sp³-hybridized carbons (Fsp3) is 0.316. The molecule has 0 radical (unpaired) electrons. The highest BCUT2D eigenvalue weighted by Crippen LogP contribution is 2.39. The molecule has 0 atom stereocenters. The number of hydrogen-bond acceptors (Lipinski definition) is 6. The molecule has 0 amide bonds. The number of phenolic OH excluding ortho intramolecular Hbond substituents is 2. The van der Waals surface area contributed by atoms with Gasteiger partial charge in [0, 0.05) is 30.6 Å². The fourth-order valence-electron chi connectivity index (χ4n) is 3.42. The standard InChI is InChI=1S/C19H19NO5/c1-20-5-4-12-7-16(22)17(23)8-13(12)15(21)6-11-2-3-18-19(14(11)9-20)25-10-24-18/h2-3,7-8,22-23H,4-6,9-10H2,1H3. The van der Waals surface area contributed by atoms with Gasteiger partial charge in [-0.3, -0.25) is 4.79 Å². The summed E-state index contributed by atoms with van der Waals surface area (Å²) in [4.78, 5) is 15.0. The van der Waals surface area contributed by atoms with E-state index in [1.807, 2.05) is 19.2 Å². The maximum atomic E-state index is 12.9. The number of aromatic hydroxyl groups is 2. The first-order valence-electron chi connectivity index (χ1n) is 8.20. The van der Waals surface area contributed by atoms with Crippen molar-refractivity contribution in [2.24, 2.45) is 0 Å². The molecule has 2 aromatic carbocycles. The molecule has 0 aromatic heterocycles. The van der Waals surface area contributed by atoms with Crippen LogP contribution in [-0.4, -0.2) is 41.3 Å². The van der Waals surface area contributed by atoms with Gasteiger partial charge >= 0.3 is 0 Å². The number of carbonyl (C=O) groups excluding carboxylic acids is 1. The van der Waals surface area contributed by atoms with Crippen molar-refractivity contribution in [3.05, 3.63) is 46.5 Å². The number of carbonyl (C=O) groups is 1. The number of benzene rings is 2. The van der Waals surface area contributed by atoms with Crippen molar-refractivity contribution in [3.8, 4) is 23.0 Å².